The molecule has 0 aliphatic heterocycles. The van der Waals surface area contributed by atoms with E-state index in [2.05, 4.69) is 45.8 Å². The first-order valence-electron chi connectivity index (χ1n) is 16.9. The molecule has 0 spiro atoms. The molecule has 7 aromatic carbocycles. The molecular weight excluding hydrogens is 653 g/mol. The van der Waals surface area contributed by atoms with Crippen LogP contribution in [-0.4, -0.2) is 9.13 Å². The Bertz CT molecular complexity index is 3350. The van der Waals surface area contributed by atoms with Crippen molar-refractivity contribution < 1.29 is 4.42 Å². The molecular formula is C46H22N6O. The van der Waals surface area contributed by atoms with Crippen molar-refractivity contribution in [1.29, 1.82) is 15.8 Å². The highest BCUT2D eigenvalue weighted by atomic mass is 16.3. The van der Waals surface area contributed by atoms with E-state index < -0.39 is 0 Å². The lowest BCUT2D eigenvalue weighted by molar-refractivity contribution is 0.669. The molecule has 0 saturated carbocycles. The van der Waals surface area contributed by atoms with Crippen LogP contribution in [0, 0.1) is 40.6 Å². The van der Waals surface area contributed by atoms with E-state index in [0.717, 1.165) is 65.6 Å². The average molecular weight is 675 g/mol. The lowest BCUT2D eigenvalue weighted by Crippen LogP contribution is -2.05. The number of rotatable bonds is 3. The average Bonchev–Trinajstić information content (AvgIpc) is 3.87. The second-order valence-electron chi connectivity index (χ2n) is 12.9. The molecule has 3 heterocycles. The molecule has 0 N–H and O–H groups in total. The van der Waals surface area contributed by atoms with Gasteiger partial charge in [0.1, 0.15) is 23.3 Å². The fraction of sp³-hybridized carbons (Fsp3) is 0. The highest BCUT2D eigenvalue weighted by molar-refractivity contribution is 6.27. The van der Waals surface area contributed by atoms with Gasteiger partial charge in [-0.25, -0.2) is 4.85 Å². The van der Waals surface area contributed by atoms with Crippen molar-refractivity contribution >= 4 is 71.2 Å². The van der Waals surface area contributed by atoms with Gasteiger partial charge < -0.3 is 13.6 Å². The van der Waals surface area contributed by atoms with Crippen LogP contribution in [0.15, 0.2) is 138 Å². The number of para-hydroxylation sites is 4. The molecule has 242 valence electrons. The Hall–Kier alpha value is -8.10. The largest absolute Gasteiger partial charge is 0.456 e. The van der Waals surface area contributed by atoms with Crippen molar-refractivity contribution in [3.05, 3.63) is 162 Å². The van der Waals surface area contributed by atoms with Crippen LogP contribution in [0.2, 0.25) is 0 Å². The predicted octanol–water partition coefficient (Wildman–Crippen LogP) is 11.6. The molecule has 10 rings (SSSR count). The molecule has 7 heteroatoms. The van der Waals surface area contributed by atoms with E-state index in [-0.39, 0.29) is 16.8 Å². The van der Waals surface area contributed by atoms with Gasteiger partial charge in [0.15, 0.2) is 0 Å². The number of fused-ring (bicyclic) bond motifs is 10. The van der Waals surface area contributed by atoms with Gasteiger partial charge in [0.05, 0.1) is 57.2 Å². The normalized spacial score (nSPS) is 11.3. The summed E-state index contributed by atoms with van der Waals surface area (Å²) in [6.45, 7) is 8.33. The second-order valence-corrected chi connectivity index (χ2v) is 12.9. The lowest BCUT2D eigenvalue weighted by atomic mass is 9.92. The third-order valence-corrected chi connectivity index (χ3v) is 10.2. The second kappa shape index (κ2) is 11.2. The SMILES string of the molecule is [C-]#[N+]c1cc(C#N)cc(-c2ccc(C#N)c(-n3c4ccccc4c4c5c(ccc43)oc3ccccc35)c2C#N)c1-n1c2ccccc2c2ccccc21. The monoisotopic (exact) mass is 674 g/mol. The summed E-state index contributed by atoms with van der Waals surface area (Å²) in [5.41, 5.74) is 8.04. The maximum atomic E-state index is 11.2. The highest BCUT2D eigenvalue weighted by Crippen LogP contribution is 2.46. The molecule has 0 atom stereocenters. The summed E-state index contributed by atoms with van der Waals surface area (Å²) in [5.74, 6) is 0. The van der Waals surface area contributed by atoms with Gasteiger partial charge in [0, 0.05) is 43.4 Å². The van der Waals surface area contributed by atoms with Crippen molar-refractivity contribution in [2.45, 2.75) is 0 Å². The van der Waals surface area contributed by atoms with Gasteiger partial charge in [-0.1, -0.05) is 78.9 Å². The third kappa shape index (κ3) is 4.05. The zero-order chi connectivity index (χ0) is 35.8. The maximum absolute atomic E-state index is 11.2. The van der Waals surface area contributed by atoms with Gasteiger partial charge >= 0.3 is 0 Å². The van der Waals surface area contributed by atoms with Gasteiger partial charge in [-0.05, 0) is 60.2 Å². The van der Waals surface area contributed by atoms with Crippen LogP contribution >= 0.6 is 0 Å². The molecule has 0 aliphatic rings. The van der Waals surface area contributed by atoms with Crippen molar-refractivity contribution in [2.24, 2.45) is 0 Å². The molecule has 0 bridgehead atoms. The van der Waals surface area contributed by atoms with Gasteiger partial charge in [-0.2, -0.15) is 15.8 Å². The Morgan fingerprint density at radius 2 is 1.13 bits per heavy atom. The first kappa shape index (κ1) is 29.8. The molecule has 0 aliphatic carbocycles. The van der Waals surface area contributed by atoms with E-state index in [1.807, 2.05) is 95.6 Å². The van der Waals surface area contributed by atoms with Crippen LogP contribution in [0.1, 0.15) is 16.7 Å². The third-order valence-electron chi connectivity index (χ3n) is 10.2. The molecule has 0 amide bonds. The first-order chi connectivity index (χ1) is 26.1. The minimum Gasteiger partial charge on any atom is -0.456 e. The number of aromatic nitrogens is 2. The number of benzene rings is 7. The summed E-state index contributed by atoms with van der Waals surface area (Å²) in [4.78, 5) is 3.96. The summed E-state index contributed by atoms with van der Waals surface area (Å²) in [6, 6.07) is 49.8. The summed E-state index contributed by atoms with van der Waals surface area (Å²) in [5, 5.41) is 37.9. The van der Waals surface area contributed by atoms with Crippen molar-refractivity contribution in [3.63, 3.8) is 0 Å². The van der Waals surface area contributed by atoms with Crippen molar-refractivity contribution in [3.8, 4) is 40.7 Å². The van der Waals surface area contributed by atoms with E-state index in [0.29, 0.717) is 28.1 Å². The fourth-order valence-corrected chi connectivity index (χ4v) is 8.14. The Kier molecular flexibility index (Phi) is 6.30. The number of furan rings is 1. The number of nitriles is 3. The molecule has 10 aromatic rings. The Morgan fingerprint density at radius 3 is 1.79 bits per heavy atom. The van der Waals surface area contributed by atoms with Gasteiger partial charge in [0.25, 0.3) is 0 Å². The maximum Gasteiger partial charge on any atom is 0.212 e. The molecule has 7 nitrogen and oxygen atoms in total. The van der Waals surface area contributed by atoms with E-state index in [1.165, 1.54) is 0 Å². The van der Waals surface area contributed by atoms with Gasteiger partial charge in [-0.3, -0.25) is 0 Å². The van der Waals surface area contributed by atoms with E-state index in [4.69, 9.17) is 11.0 Å². The van der Waals surface area contributed by atoms with E-state index >= 15 is 0 Å². The predicted molar refractivity (Wildman–Crippen MR) is 208 cm³/mol. The van der Waals surface area contributed by atoms with E-state index in [9.17, 15) is 15.8 Å². The standard InChI is InChI=1S/C46H22N6O/c1-50-36-23-27(24-47)22-34(46(36)51-37-14-6-2-10-30(37)31-11-3-7-15-38(31)51)29-19-18-28(25-48)45(35(29)26-49)52-39-16-8-4-12-32(39)43-40(52)20-21-42-44(43)33-13-5-9-17-41(33)53-42/h2-23H. The molecule has 3 aromatic heterocycles. The minimum atomic E-state index is 0.247. The number of nitrogens with zero attached hydrogens (tertiary/aromatic N) is 6. The van der Waals surface area contributed by atoms with Gasteiger partial charge in [-0.15, -0.1) is 0 Å². The minimum absolute atomic E-state index is 0.247. The van der Waals surface area contributed by atoms with Gasteiger partial charge in [0.2, 0.25) is 5.69 Å². The van der Waals surface area contributed by atoms with Crippen molar-refractivity contribution in [2.75, 3.05) is 0 Å². The van der Waals surface area contributed by atoms with Crippen LogP contribution < -0.4 is 0 Å². The molecule has 0 radical (unpaired) electrons. The van der Waals surface area contributed by atoms with Crippen LogP contribution in [0.4, 0.5) is 5.69 Å². The van der Waals surface area contributed by atoms with E-state index in [1.54, 1.807) is 24.3 Å². The highest BCUT2D eigenvalue weighted by Gasteiger charge is 2.27. The summed E-state index contributed by atoms with van der Waals surface area (Å²) >= 11 is 0. The Labute approximate surface area is 302 Å². The zero-order valence-corrected chi connectivity index (χ0v) is 27.8. The van der Waals surface area contributed by atoms with Crippen LogP contribution in [0.25, 0.3) is 92.9 Å². The molecule has 0 fully saturated rings. The molecule has 0 saturated heterocycles. The number of hydrogen-bond acceptors (Lipinski definition) is 4. The smallest absolute Gasteiger partial charge is 0.212 e. The molecule has 0 unspecified atom stereocenters. The summed E-state index contributed by atoms with van der Waals surface area (Å²) in [6.07, 6.45) is 0. The number of hydrogen-bond donors (Lipinski definition) is 0. The quantitative estimate of drug-likeness (QED) is 0.174. The van der Waals surface area contributed by atoms with Crippen molar-refractivity contribution in [1.82, 2.24) is 9.13 Å². The van der Waals surface area contributed by atoms with Crippen LogP contribution in [0.3, 0.4) is 0 Å². The fourth-order valence-electron chi connectivity index (χ4n) is 8.14. The first-order valence-corrected chi connectivity index (χ1v) is 16.9. The molecule has 53 heavy (non-hydrogen) atoms. The topological polar surface area (TPSA) is 98.7 Å². The Balaban J connectivity index is 1.37. The summed E-state index contributed by atoms with van der Waals surface area (Å²) < 4.78 is 10.3. The zero-order valence-electron chi connectivity index (χ0n) is 27.8. The summed E-state index contributed by atoms with van der Waals surface area (Å²) in [7, 11) is 0. The lowest BCUT2D eigenvalue weighted by Gasteiger charge is -2.20. The van der Waals surface area contributed by atoms with Crippen LogP contribution in [-0.2, 0) is 0 Å². The Morgan fingerprint density at radius 1 is 0.509 bits per heavy atom. The van der Waals surface area contributed by atoms with Crippen LogP contribution in [0.5, 0.6) is 0 Å².